The Kier molecular flexibility index (Phi) is 10.4. The third-order valence-corrected chi connectivity index (χ3v) is 9.90. The Morgan fingerprint density at radius 3 is 2.23 bits per heavy atom. The highest BCUT2D eigenvalue weighted by Gasteiger charge is 2.41. The van der Waals surface area contributed by atoms with Crippen molar-refractivity contribution in [2.75, 3.05) is 61.8 Å². The SMILES string of the molecule is CN1CCN(C(=O)Nc2ccc(C[C@@H](C(=O)Nc3ccc4c(c3)cc(C(=O)O)n4C(=O)O)N3CCN(c4cc(Cl)ccc4-n4cnnn4)C(=O)C3=O)cc2)CC1. The monoisotopic (exact) mass is 783 g/mol. The van der Waals surface area contributed by atoms with Crippen LogP contribution in [-0.2, 0) is 20.8 Å². The molecule has 56 heavy (non-hydrogen) atoms. The first-order chi connectivity index (χ1) is 26.9. The summed E-state index contributed by atoms with van der Waals surface area (Å²) in [4.78, 5) is 84.8. The molecule has 4 N–H and O–H groups in total. The fourth-order valence-electron chi connectivity index (χ4n) is 6.74. The van der Waals surface area contributed by atoms with E-state index in [1.165, 1.54) is 51.1 Å². The zero-order valence-electron chi connectivity index (χ0n) is 29.7. The molecule has 1 atom stereocenters. The number of benzene rings is 3. The van der Waals surface area contributed by atoms with Gasteiger partial charge in [0.15, 0.2) is 0 Å². The number of hydrogen-bond donors (Lipinski definition) is 4. The topological polar surface area (TPSA) is 228 Å². The van der Waals surface area contributed by atoms with E-state index in [0.29, 0.717) is 39.6 Å². The summed E-state index contributed by atoms with van der Waals surface area (Å²) in [5.41, 5.74) is 1.60. The number of carbonyl (C=O) groups excluding carboxylic acids is 4. The Hall–Kier alpha value is -6.86. The van der Waals surface area contributed by atoms with Crippen LogP contribution in [0, 0.1) is 0 Å². The number of aromatic nitrogens is 5. The molecular weight excluding hydrogens is 750 g/mol. The first-order valence-corrected chi connectivity index (χ1v) is 17.7. The largest absolute Gasteiger partial charge is 0.477 e. The predicted octanol–water partition coefficient (Wildman–Crippen LogP) is 2.70. The zero-order valence-corrected chi connectivity index (χ0v) is 30.5. The van der Waals surface area contributed by atoms with Crippen molar-refractivity contribution in [2.24, 2.45) is 0 Å². The van der Waals surface area contributed by atoms with Gasteiger partial charge in [0, 0.05) is 67.5 Å². The van der Waals surface area contributed by atoms with Gasteiger partial charge in [-0.25, -0.2) is 19.0 Å². The summed E-state index contributed by atoms with van der Waals surface area (Å²) < 4.78 is 1.95. The Bertz CT molecular complexity index is 2360. The molecule has 288 valence electrons. The molecular formula is C36H34ClN11O8. The highest BCUT2D eigenvalue weighted by molar-refractivity contribution is 6.41. The van der Waals surface area contributed by atoms with Gasteiger partial charge in [-0.05, 0) is 77.6 Å². The number of carboxylic acids is 1. The number of piperazine rings is 2. The fourth-order valence-corrected chi connectivity index (χ4v) is 6.91. The number of anilines is 3. The van der Waals surface area contributed by atoms with E-state index in [2.05, 4.69) is 31.1 Å². The van der Waals surface area contributed by atoms with Gasteiger partial charge < -0.3 is 40.4 Å². The van der Waals surface area contributed by atoms with Crippen LogP contribution in [-0.4, -0.2) is 138 Å². The molecule has 7 rings (SSSR count). The van der Waals surface area contributed by atoms with Crippen LogP contribution in [0.1, 0.15) is 16.1 Å². The molecule has 2 saturated heterocycles. The van der Waals surface area contributed by atoms with Crippen LogP contribution in [0.5, 0.6) is 0 Å². The minimum atomic E-state index is -1.50. The first-order valence-electron chi connectivity index (χ1n) is 17.3. The van der Waals surface area contributed by atoms with Gasteiger partial charge in [-0.2, -0.15) is 4.68 Å². The van der Waals surface area contributed by atoms with E-state index in [-0.39, 0.29) is 47.8 Å². The number of fused-ring (bicyclic) bond motifs is 1. The molecule has 2 aliphatic rings. The molecule has 5 aromatic rings. The number of amides is 5. The maximum Gasteiger partial charge on any atom is 0.416 e. The van der Waals surface area contributed by atoms with Crippen LogP contribution in [0.4, 0.5) is 26.7 Å². The van der Waals surface area contributed by atoms with Crippen molar-refractivity contribution in [2.45, 2.75) is 12.5 Å². The van der Waals surface area contributed by atoms with Crippen LogP contribution in [0.15, 0.2) is 73.1 Å². The minimum absolute atomic E-state index is 0.0201. The average Bonchev–Trinajstić information content (AvgIpc) is 3.85. The molecule has 20 heteroatoms. The number of carboxylic acid groups (broad SMARTS) is 2. The lowest BCUT2D eigenvalue weighted by Gasteiger charge is -2.38. The van der Waals surface area contributed by atoms with E-state index in [0.717, 1.165) is 13.1 Å². The number of urea groups is 1. The summed E-state index contributed by atoms with van der Waals surface area (Å²) in [6.07, 6.45) is -0.204. The smallest absolute Gasteiger partial charge is 0.416 e. The third kappa shape index (κ3) is 7.57. The number of tetrazole rings is 1. The molecule has 3 aromatic carbocycles. The van der Waals surface area contributed by atoms with Crippen molar-refractivity contribution in [1.29, 1.82) is 0 Å². The summed E-state index contributed by atoms with van der Waals surface area (Å²) in [5, 5.41) is 36.6. The fraction of sp³-hybridized carbons (Fsp3) is 0.250. The Labute approximate surface area is 322 Å². The zero-order chi connectivity index (χ0) is 39.7. The van der Waals surface area contributed by atoms with Crippen molar-refractivity contribution in [3.63, 3.8) is 0 Å². The standard InChI is InChI=1S/C36H34ClN11O8/c1-43-10-12-44(13-11-43)35(54)40-24-5-2-21(3-6-24)16-29(31(49)39-25-7-9-26-22(17-25)18-30(34(52)53)48(26)36(55)56)46-15-14-45(32(50)33(46)51)28-19-23(37)4-8-27(28)47-20-38-41-42-47/h2-9,17-20,29H,10-16H2,1H3,(H,39,49)(H,40,54)(H,52,53)(H,55,56)/t29-/m0/s1. The van der Waals surface area contributed by atoms with E-state index in [1.807, 2.05) is 7.05 Å². The number of carbonyl (C=O) groups is 6. The van der Waals surface area contributed by atoms with E-state index in [1.54, 1.807) is 41.3 Å². The summed E-state index contributed by atoms with van der Waals surface area (Å²) in [7, 11) is 1.99. The molecule has 0 aliphatic carbocycles. The molecule has 19 nitrogen and oxygen atoms in total. The minimum Gasteiger partial charge on any atom is -0.477 e. The number of halogens is 1. The molecule has 0 spiro atoms. The van der Waals surface area contributed by atoms with Gasteiger partial charge in [-0.15, -0.1) is 5.10 Å². The molecule has 0 saturated carbocycles. The molecule has 5 amide bonds. The van der Waals surface area contributed by atoms with Crippen LogP contribution in [0.25, 0.3) is 16.6 Å². The number of aromatic carboxylic acids is 1. The molecule has 0 radical (unpaired) electrons. The second-order valence-electron chi connectivity index (χ2n) is 13.2. The van der Waals surface area contributed by atoms with Crippen molar-refractivity contribution < 1.29 is 39.0 Å². The second-order valence-corrected chi connectivity index (χ2v) is 13.6. The second kappa shape index (κ2) is 15.5. The lowest BCUT2D eigenvalue weighted by molar-refractivity contribution is -0.149. The Morgan fingerprint density at radius 1 is 0.821 bits per heavy atom. The van der Waals surface area contributed by atoms with E-state index in [9.17, 15) is 39.0 Å². The van der Waals surface area contributed by atoms with Gasteiger partial charge in [0.05, 0.1) is 16.9 Å². The Morgan fingerprint density at radius 2 is 1.55 bits per heavy atom. The number of hydrogen-bond acceptors (Lipinski definition) is 10. The number of nitrogens with one attached hydrogen (secondary N) is 2. The number of likely N-dealkylation sites (N-methyl/N-ethyl adjacent to an activating group) is 1. The Balaban J connectivity index is 1.15. The number of nitrogens with zero attached hydrogens (tertiary/aromatic N) is 9. The molecule has 0 unspecified atom stereocenters. The van der Waals surface area contributed by atoms with Crippen LogP contribution < -0.4 is 15.5 Å². The van der Waals surface area contributed by atoms with Crippen molar-refractivity contribution in [1.82, 2.24) is 39.5 Å². The summed E-state index contributed by atoms with van der Waals surface area (Å²) in [6, 6.07) is 15.4. The molecule has 2 aliphatic heterocycles. The normalized spacial score (nSPS) is 15.6. The number of rotatable bonds is 9. The van der Waals surface area contributed by atoms with Crippen molar-refractivity contribution in [3.8, 4) is 5.69 Å². The summed E-state index contributed by atoms with van der Waals surface area (Å²) in [6.45, 7) is 2.62. The molecule has 2 fully saturated rings. The third-order valence-electron chi connectivity index (χ3n) is 9.66. The predicted molar refractivity (Wildman–Crippen MR) is 201 cm³/mol. The average molecular weight is 784 g/mol. The van der Waals surface area contributed by atoms with E-state index < -0.39 is 41.5 Å². The summed E-state index contributed by atoms with van der Waals surface area (Å²) in [5.74, 6) is -4.01. The lowest BCUT2D eigenvalue weighted by Crippen LogP contribution is -2.60. The van der Waals surface area contributed by atoms with Gasteiger partial charge in [0.25, 0.3) is 0 Å². The van der Waals surface area contributed by atoms with E-state index >= 15 is 0 Å². The maximum atomic E-state index is 14.2. The van der Waals surface area contributed by atoms with Gasteiger partial charge in [-0.3, -0.25) is 14.4 Å². The van der Waals surface area contributed by atoms with Crippen molar-refractivity contribution >= 4 is 75.4 Å². The van der Waals surface area contributed by atoms with Crippen LogP contribution in [0.3, 0.4) is 0 Å². The van der Waals surface area contributed by atoms with Gasteiger partial charge in [-0.1, -0.05) is 23.7 Å². The highest BCUT2D eigenvalue weighted by Crippen LogP contribution is 2.30. The lowest BCUT2D eigenvalue weighted by atomic mass is 10.0. The quantitative estimate of drug-likeness (QED) is 0.158. The van der Waals surface area contributed by atoms with Crippen LogP contribution >= 0.6 is 11.6 Å². The van der Waals surface area contributed by atoms with Crippen molar-refractivity contribution in [3.05, 3.63) is 89.3 Å². The molecule has 4 heterocycles. The van der Waals surface area contributed by atoms with Crippen LogP contribution in [0.2, 0.25) is 5.02 Å². The first kappa shape index (κ1) is 37.5. The molecule has 2 aromatic heterocycles. The van der Waals surface area contributed by atoms with Gasteiger partial charge in [0.2, 0.25) is 5.91 Å². The van der Waals surface area contributed by atoms with Gasteiger partial charge >= 0.3 is 29.9 Å². The maximum absolute atomic E-state index is 14.2. The highest BCUT2D eigenvalue weighted by atomic mass is 35.5. The molecule has 0 bridgehead atoms. The summed E-state index contributed by atoms with van der Waals surface area (Å²) >= 11 is 6.30. The van der Waals surface area contributed by atoms with E-state index in [4.69, 9.17) is 11.6 Å². The van der Waals surface area contributed by atoms with Gasteiger partial charge in [0.1, 0.15) is 18.1 Å².